The molecule has 0 saturated carbocycles. The van der Waals surface area contributed by atoms with Crippen LogP contribution in [0.2, 0.25) is 0 Å². The van der Waals surface area contributed by atoms with Gasteiger partial charge in [-0.05, 0) is 22.0 Å². The number of halogens is 4. The van der Waals surface area contributed by atoms with Crippen molar-refractivity contribution in [1.82, 2.24) is 4.98 Å². The highest BCUT2D eigenvalue weighted by molar-refractivity contribution is 9.10. The van der Waals surface area contributed by atoms with Crippen molar-refractivity contribution >= 4 is 31.9 Å². The van der Waals surface area contributed by atoms with Crippen LogP contribution < -0.4 is 4.74 Å². The maximum absolute atomic E-state index is 12.6. The van der Waals surface area contributed by atoms with Crippen LogP contribution in [0.5, 0.6) is 5.88 Å². The fraction of sp³-hybridized carbons (Fsp3) is 0.375. The van der Waals surface area contributed by atoms with Gasteiger partial charge in [-0.15, -0.1) is 0 Å². The van der Waals surface area contributed by atoms with Crippen LogP contribution in [0, 0.1) is 0 Å². The summed E-state index contributed by atoms with van der Waals surface area (Å²) in [5.74, 6) is 0.214. The Balaban J connectivity index is 3.31. The summed E-state index contributed by atoms with van der Waals surface area (Å²) in [6.45, 7) is 0. The molecule has 0 atom stereocenters. The van der Waals surface area contributed by atoms with E-state index in [1.54, 1.807) is 0 Å². The molecule has 1 aromatic rings. The number of alkyl halides is 3. The Morgan fingerprint density at radius 3 is 2.64 bits per heavy atom. The molecule has 0 spiro atoms. The molecule has 0 aromatic carbocycles. The highest BCUT2D eigenvalue weighted by Gasteiger charge is 2.18. The number of hydrogen-bond acceptors (Lipinski definition) is 2. The molecule has 0 radical (unpaired) electrons. The van der Waals surface area contributed by atoms with E-state index in [2.05, 4.69) is 36.8 Å². The summed E-state index contributed by atoms with van der Waals surface area (Å²) in [6, 6.07) is 1.30. The summed E-state index contributed by atoms with van der Waals surface area (Å²) >= 11 is 6.17. The van der Waals surface area contributed by atoms with E-state index in [0.29, 0.717) is 10.2 Å². The molecule has 0 aliphatic rings. The van der Waals surface area contributed by atoms with Crippen LogP contribution in [0.15, 0.2) is 10.7 Å². The Morgan fingerprint density at radius 2 is 2.21 bits per heavy atom. The van der Waals surface area contributed by atoms with E-state index in [9.17, 15) is 8.78 Å². The van der Waals surface area contributed by atoms with Crippen molar-refractivity contribution in [2.75, 3.05) is 7.11 Å². The monoisotopic (exact) mass is 329 g/mol. The van der Waals surface area contributed by atoms with E-state index in [-0.39, 0.29) is 16.8 Å². The van der Waals surface area contributed by atoms with Crippen molar-refractivity contribution in [3.63, 3.8) is 0 Å². The smallest absolute Gasteiger partial charge is 0.264 e. The zero-order valence-electron chi connectivity index (χ0n) is 7.23. The highest BCUT2D eigenvalue weighted by Crippen LogP contribution is 2.32. The van der Waals surface area contributed by atoms with E-state index in [1.165, 1.54) is 13.2 Å². The second kappa shape index (κ2) is 5.02. The normalized spacial score (nSPS) is 10.7. The summed E-state index contributed by atoms with van der Waals surface area (Å²) in [4.78, 5) is 3.94. The zero-order chi connectivity index (χ0) is 10.7. The van der Waals surface area contributed by atoms with Gasteiger partial charge in [0, 0.05) is 16.5 Å². The lowest BCUT2D eigenvalue weighted by atomic mass is 10.1. The van der Waals surface area contributed by atoms with E-state index in [0.717, 1.165) is 0 Å². The van der Waals surface area contributed by atoms with Crippen molar-refractivity contribution < 1.29 is 13.5 Å². The van der Waals surface area contributed by atoms with E-state index < -0.39 is 6.43 Å². The third-order valence-electron chi connectivity index (χ3n) is 1.65. The van der Waals surface area contributed by atoms with Crippen LogP contribution in [0.1, 0.15) is 17.6 Å². The van der Waals surface area contributed by atoms with E-state index in [1.807, 2.05) is 0 Å². The average Bonchev–Trinajstić information content (AvgIpc) is 2.16. The number of nitrogens with zero attached hydrogens (tertiary/aromatic N) is 1. The predicted molar refractivity (Wildman–Crippen MR) is 56.1 cm³/mol. The number of aromatic nitrogens is 1. The molecule has 0 aliphatic carbocycles. The number of ether oxygens (including phenoxy) is 1. The van der Waals surface area contributed by atoms with Crippen LogP contribution in [0.4, 0.5) is 8.78 Å². The van der Waals surface area contributed by atoms with Gasteiger partial charge in [-0.25, -0.2) is 13.8 Å². The van der Waals surface area contributed by atoms with Crippen molar-refractivity contribution in [1.29, 1.82) is 0 Å². The molecule has 0 amide bonds. The highest BCUT2D eigenvalue weighted by atomic mass is 79.9. The standard InChI is InChI=1S/C8H7Br2F2NO/c1-14-8-5(3-9)4(7(11)12)2-6(10)13-8/h2,7H,3H2,1H3. The summed E-state index contributed by atoms with van der Waals surface area (Å²) in [6.07, 6.45) is -2.53. The van der Waals surface area contributed by atoms with Gasteiger partial charge >= 0.3 is 0 Å². The zero-order valence-corrected chi connectivity index (χ0v) is 10.4. The molecule has 14 heavy (non-hydrogen) atoms. The Labute approximate surface area is 96.9 Å². The van der Waals surface area contributed by atoms with Crippen LogP contribution in [0.25, 0.3) is 0 Å². The van der Waals surface area contributed by atoms with Crippen molar-refractivity contribution in [3.05, 3.63) is 21.8 Å². The van der Waals surface area contributed by atoms with Crippen LogP contribution in [0.3, 0.4) is 0 Å². The first-order valence-electron chi connectivity index (χ1n) is 3.67. The number of methoxy groups -OCH3 is 1. The maximum Gasteiger partial charge on any atom is 0.264 e. The third kappa shape index (κ3) is 2.42. The summed E-state index contributed by atoms with van der Waals surface area (Å²) < 4.78 is 30.4. The second-order valence-electron chi connectivity index (χ2n) is 2.46. The molecule has 2 nitrogen and oxygen atoms in total. The Hall–Kier alpha value is -0.230. The van der Waals surface area contributed by atoms with Gasteiger partial charge in [-0.1, -0.05) is 15.9 Å². The lowest BCUT2D eigenvalue weighted by molar-refractivity contribution is 0.149. The van der Waals surface area contributed by atoms with E-state index in [4.69, 9.17) is 4.74 Å². The van der Waals surface area contributed by atoms with Gasteiger partial charge < -0.3 is 4.74 Å². The van der Waals surface area contributed by atoms with Gasteiger partial charge in [0.1, 0.15) is 4.60 Å². The minimum absolute atomic E-state index is 0.0689. The molecule has 0 fully saturated rings. The second-order valence-corrected chi connectivity index (χ2v) is 3.83. The molecular formula is C8H7Br2F2NO. The van der Waals surface area contributed by atoms with Crippen LogP contribution in [-0.4, -0.2) is 12.1 Å². The summed E-state index contributed by atoms with van der Waals surface area (Å²) in [5.41, 5.74) is 0.311. The Morgan fingerprint density at radius 1 is 1.57 bits per heavy atom. The van der Waals surface area contributed by atoms with Gasteiger partial charge in [0.05, 0.1) is 7.11 Å². The minimum atomic E-state index is -2.53. The molecular weight excluding hydrogens is 324 g/mol. The lowest BCUT2D eigenvalue weighted by Crippen LogP contribution is -2.00. The van der Waals surface area contributed by atoms with Crippen molar-refractivity contribution in [2.24, 2.45) is 0 Å². The largest absolute Gasteiger partial charge is 0.481 e. The molecule has 1 rings (SSSR count). The third-order valence-corrected chi connectivity index (χ3v) is 2.62. The fourth-order valence-electron chi connectivity index (χ4n) is 1.03. The first-order chi connectivity index (χ1) is 6.60. The van der Waals surface area contributed by atoms with Gasteiger partial charge in [0.2, 0.25) is 5.88 Å². The number of pyridine rings is 1. The SMILES string of the molecule is COc1nc(Br)cc(C(F)F)c1CBr. The van der Waals surface area contributed by atoms with Crippen molar-refractivity contribution in [2.45, 2.75) is 11.8 Å². The Kier molecular flexibility index (Phi) is 4.25. The first kappa shape index (κ1) is 11.8. The quantitative estimate of drug-likeness (QED) is 0.623. The molecule has 78 valence electrons. The molecule has 0 aliphatic heterocycles. The van der Waals surface area contributed by atoms with Gasteiger partial charge in [-0.3, -0.25) is 0 Å². The molecule has 0 bridgehead atoms. The van der Waals surface area contributed by atoms with Crippen LogP contribution >= 0.6 is 31.9 Å². The van der Waals surface area contributed by atoms with Gasteiger partial charge in [0.15, 0.2) is 0 Å². The fourth-order valence-corrected chi connectivity index (χ4v) is 2.00. The summed E-state index contributed by atoms with van der Waals surface area (Å²) in [7, 11) is 1.40. The molecule has 6 heteroatoms. The average molecular weight is 331 g/mol. The molecule has 1 heterocycles. The van der Waals surface area contributed by atoms with Crippen LogP contribution in [-0.2, 0) is 5.33 Å². The van der Waals surface area contributed by atoms with Gasteiger partial charge in [0.25, 0.3) is 6.43 Å². The Bertz CT molecular complexity index is 333. The number of hydrogen-bond donors (Lipinski definition) is 0. The molecule has 1 aromatic heterocycles. The van der Waals surface area contributed by atoms with E-state index >= 15 is 0 Å². The molecule has 0 saturated heterocycles. The summed E-state index contributed by atoms with van der Waals surface area (Å²) in [5, 5.41) is 0.288. The molecule has 0 unspecified atom stereocenters. The maximum atomic E-state index is 12.6. The first-order valence-corrected chi connectivity index (χ1v) is 5.59. The van der Waals surface area contributed by atoms with Gasteiger partial charge in [-0.2, -0.15) is 0 Å². The van der Waals surface area contributed by atoms with Crippen molar-refractivity contribution in [3.8, 4) is 5.88 Å². The molecule has 0 N–H and O–H groups in total. The topological polar surface area (TPSA) is 22.1 Å². The number of rotatable bonds is 3. The minimum Gasteiger partial charge on any atom is -0.481 e. The predicted octanol–water partition coefficient (Wildman–Crippen LogP) is 3.69. The lowest BCUT2D eigenvalue weighted by Gasteiger charge is -2.10.